The summed E-state index contributed by atoms with van der Waals surface area (Å²) in [6.45, 7) is 21.3. The number of hydrogen-bond acceptors (Lipinski definition) is 18. The molecule has 0 radical (unpaired) electrons. The van der Waals surface area contributed by atoms with Crippen LogP contribution < -0.4 is 31.2 Å². The van der Waals surface area contributed by atoms with E-state index in [2.05, 4.69) is 89.9 Å². The topological polar surface area (TPSA) is 234 Å². The third-order valence-corrected chi connectivity index (χ3v) is 15.3. The SMILES string of the molecule is CC(C)c1cnn2c(NCc3cccc(CC(=O)C(CCCN)CC(=O)OC(C)(C)C)c3)nc(OC3CCN(C)CC3)nc12.CC(C)c1cnn2c(NCc3cccc(CC(=O)C4CCCNC4)c3)nc(OC3CCN(C)CC3)nc12. The molecule has 0 saturated carbocycles. The van der Waals surface area contributed by atoms with Crippen molar-refractivity contribution in [3.63, 3.8) is 0 Å². The smallest absolute Gasteiger partial charge is 0.322 e. The number of anilines is 2. The Kier molecular flexibility index (Phi) is 21.2. The maximum absolute atomic E-state index is 13.3. The van der Waals surface area contributed by atoms with E-state index in [1.165, 1.54) is 0 Å². The molecule has 81 heavy (non-hydrogen) atoms. The number of nitrogens with one attached hydrogen (secondary N) is 3. The predicted octanol–water partition coefficient (Wildman–Crippen LogP) is 7.98. The number of piperidine rings is 3. The Balaban J connectivity index is 0.000000215. The summed E-state index contributed by atoms with van der Waals surface area (Å²) in [7, 11) is 4.26. The predicted molar refractivity (Wildman–Crippen MR) is 315 cm³/mol. The molecule has 9 rings (SSSR count). The van der Waals surface area contributed by atoms with Crippen LogP contribution in [0.15, 0.2) is 60.9 Å². The second-order valence-electron chi connectivity index (χ2n) is 24.0. The highest BCUT2D eigenvalue weighted by molar-refractivity contribution is 5.87. The van der Waals surface area contributed by atoms with Crippen LogP contribution in [-0.2, 0) is 45.1 Å². The number of Topliss-reactive ketones (excluding diaryl/α,β-unsaturated/α-hetero) is 2. The standard InChI is InChI=1S/C33H49N7O4.C28H39N7O2/c1-22(2)27-21-36-40-30(27)37-32(43-26-12-15-39(6)16-13-26)38-31(40)35-20-24-10-7-9-23(17-24)18-28(41)25(11-8-14-34)19-29(42)44-33(3,4)5;1-19(2)24-18-31-35-26(24)32-28(37-23-9-12-34(3)13-10-23)33-27(35)30-16-21-7-4-6-20(14-21)15-25(36)22-8-5-11-29-17-22/h7,9-10,17,21-22,25-26H,8,11-16,18-20,34H2,1-6H3,(H,35,37,38);4,6-7,14,18-19,22-23,29H,5,8-13,15-17H2,1-3H3,(H,30,32,33). The van der Waals surface area contributed by atoms with Gasteiger partial charge in [0.2, 0.25) is 11.9 Å². The molecule has 438 valence electrons. The first-order chi connectivity index (χ1) is 38.9. The summed E-state index contributed by atoms with van der Waals surface area (Å²) in [6.07, 6.45) is 11.7. The second kappa shape index (κ2) is 28.4. The fraction of sp³-hybridized carbons (Fsp3) is 0.590. The van der Waals surface area contributed by atoms with Gasteiger partial charge in [-0.15, -0.1) is 0 Å². The summed E-state index contributed by atoms with van der Waals surface area (Å²) in [5.41, 5.74) is 12.7. The van der Waals surface area contributed by atoms with Crippen LogP contribution in [0.1, 0.15) is 151 Å². The number of nitrogens with zero attached hydrogens (tertiary/aromatic N) is 10. The molecule has 3 saturated heterocycles. The number of carbonyl (C=O) groups excluding carboxylic acids is 3. The Hall–Kier alpha value is -6.61. The zero-order valence-electron chi connectivity index (χ0n) is 49.4. The second-order valence-corrected chi connectivity index (χ2v) is 24.0. The van der Waals surface area contributed by atoms with E-state index in [-0.39, 0.29) is 54.6 Å². The Morgan fingerprint density at radius 3 is 1.65 bits per heavy atom. The first-order valence-electron chi connectivity index (χ1n) is 29.4. The minimum absolute atomic E-state index is 0.0142. The van der Waals surface area contributed by atoms with E-state index in [4.69, 9.17) is 39.9 Å². The van der Waals surface area contributed by atoms with Crippen LogP contribution in [-0.4, -0.2) is 144 Å². The zero-order chi connectivity index (χ0) is 57.6. The third-order valence-electron chi connectivity index (χ3n) is 15.3. The molecule has 0 aliphatic carbocycles. The van der Waals surface area contributed by atoms with Gasteiger partial charge in [0.25, 0.3) is 0 Å². The van der Waals surface area contributed by atoms with Crippen molar-refractivity contribution in [1.29, 1.82) is 0 Å². The molecule has 5 N–H and O–H groups in total. The van der Waals surface area contributed by atoms with Gasteiger partial charge >= 0.3 is 18.0 Å². The molecular weight excluding hydrogens is 1020 g/mol. The molecule has 3 fully saturated rings. The van der Waals surface area contributed by atoms with Crippen molar-refractivity contribution in [2.45, 2.75) is 162 Å². The molecule has 0 bridgehead atoms. The van der Waals surface area contributed by atoms with E-state index in [1.807, 2.05) is 69.6 Å². The molecule has 20 heteroatoms. The summed E-state index contributed by atoms with van der Waals surface area (Å²) in [5, 5.41) is 19.4. The van der Waals surface area contributed by atoms with Gasteiger partial charge in [0.05, 0.1) is 18.8 Å². The van der Waals surface area contributed by atoms with Crippen molar-refractivity contribution in [3.8, 4) is 12.0 Å². The zero-order valence-corrected chi connectivity index (χ0v) is 49.4. The summed E-state index contributed by atoms with van der Waals surface area (Å²) in [5.74, 6) is 1.35. The van der Waals surface area contributed by atoms with Crippen LogP contribution in [0, 0.1) is 11.8 Å². The molecule has 3 aliphatic heterocycles. The molecule has 2 aromatic carbocycles. The van der Waals surface area contributed by atoms with Crippen molar-refractivity contribution < 1.29 is 28.6 Å². The van der Waals surface area contributed by atoms with Crippen molar-refractivity contribution in [3.05, 3.63) is 94.3 Å². The molecule has 4 aromatic heterocycles. The van der Waals surface area contributed by atoms with E-state index >= 15 is 0 Å². The maximum Gasteiger partial charge on any atom is 0.322 e. The van der Waals surface area contributed by atoms with Crippen molar-refractivity contribution in [2.75, 3.05) is 70.5 Å². The quantitative estimate of drug-likeness (QED) is 0.0445. The van der Waals surface area contributed by atoms with E-state index < -0.39 is 11.5 Å². The van der Waals surface area contributed by atoms with E-state index in [0.29, 0.717) is 68.6 Å². The highest BCUT2D eigenvalue weighted by Crippen LogP contribution is 2.28. The van der Waals surface area contributed by atoms with Crippen LogP contribution in [0.25, 0.3) is 11.3 Å². The number of esters is 1. The van der Waals surface area contributed by atoms with E-state index in [0.717, 1.165) is 122 Å². The minimum Gasteiger partial charge on any atom is -0.460 e. The number of hydrogen-bond donors (Lipinski definition) is 4. The van der Waals surface area contributed by atoms with Gasteiger partial charge in [-0.1, -0.05) is 76.2 Å². The normalized spacial score (nSPS) is 17.3. The summed E-state index contributed by atoms with van der Waals surface area (Å²) in [4.78, 5) is 62.1. The lowest BCUT2D eigenvalue weighted by Crippen LogP contribution is -2.36. The van der Waals surface area contributed by atoms with Crippen LogP contribution in [0.4, 0.5) is 11.9 Å². The lowest BCUT2D eigenvalue weighted by molar-refractivity contribution is -0.157. The monoisotopic (exact) mass is 1110 g/mol. The summed E-state index contributed by atoms with van der Waals surface area (Å²) < 4.78 is 21.5. The lowest BCUT2D eigenvalue weighted by atomic mass is 9.90. The van der Waals surface area contributed by atoms with Gasteiger partial charge in [-0.25, -0.2) is 0 Å². The highest BCUT2D eigenvalue weighted by atomic mass is 16.6. The summed E-state index contributed by atoms with van der Waals surface area (Å²) >= 11 is 0. The average molecular weight is 1110 g/mol. The third kappa shape index (κ3) is 17.5. The molecular formula is C61H88N14O6. The van der Waals surface area contributed by atoms with Gasteiger partial charge in [-0.05, 0) is 133 Å². The van der Waals surface area contributed by atoms with Crippen LogP contribution in [0.3, 0.4) is 0 Å². The summed E-state index contributed by atoms with van der Waals surface area (Å²) in [6, 6.07) is 16.9. The highest BCUT2D eigenvalue weighted by Gasteiger charge is 2.28. The van der Waals surface area contributed by atoms with Gasteiger partial charge in [0.15, 0.2) is 11.3 Å². The molecule has 7 heterocycles. The molecule has 6 aromatic rings. The molecule has 20 nitrogen and oxygen atoms in total. The van der Waals surface area contributed by atoms with Gasteiger partial charge in [-0.2, -0.15) is 39.2 Å². The van der Waals surface area contributed by atoms with E-state index in [9.17, 15) is 14.4 Å². The number of nitrogens with two attached hydrogens (primary N) is 1. The Labute approximate surface area is 478 Å². The van der Waals surface area contributed by atoms with E-state index in [1.54, 1.807) is 9.03 Å². The molecule has 2 unspecified atom stereocenters. The average Bonchev–Trinajstić information content (AvgIpc) is 4.33. The number of ether oxygens (including phenoxy) is 3. The fourth-order valence-corrected chi connectivity index (χ4v) is 10.6. The number of benzene rings is 2. The van der Waals surface area contributed by atoms with Crippen LogP contribution in [0.5, 0.6) is 12.0 Å². The van der Waals surface area contributed by atoms with Gasteiger partial charge in [-0.3, -0.25) is 14.4 Å². The molecule has 2 atom stereocenters. The molecule has 3 aliphatic rings. The van der Waals surface area contributed by atoms with Gasteiger partial charge in [0.1, 0.15) is 29.4 Å². The first-order valence-corrected chi connectivity index (χ1v) is 29.4. The van der Waals surface area contributed by atoms with Crippen molar-refractivity contribution in [1.82, 2.24) is 54.3 Å². The number of likely N-dealkylation sites (tertiary alicyclic amines) is 2. The Bertz CT molecular complexity index is 3020. The van der Waals surface area contributed by atoms with Gasteiger partial charge in [0, 0.05) is 81.6 Å². The number of fused-ring (bicyclic) bond motifs is 2. The maximum atomic E-state index is 13.3. The minimum atomic E-state index is -0.596. The molecule has 0 spiro atoms. The molecule has 0 amide bonds. The lowest BCUT2D eigenvalue weighted by Gasteiger charge is -2.28. The van der Waals surface area contributed by atoms with Crippen molar-refractivity contribution in [2.24, 2.45) is 17.6 Å². The van der Waals surface area contributed by atoms with Crippen LogP contribution >= 0.6 is 0 Å². The Morgan fingerprint density at radius 2 is 1.20 bits per heavy atom. The fourth-order valence-electron chi connectivity index (χ4n) is 10.6. The number of ketones is 2. The largest absolute Gasteiger partial charge is 0.460 e. The van der Waals surface area contributed by atoms with Crippen molar-refractivity contribution >= 4 is 40.7 Å². The van der Waals surface area contributed by atoms with Crippen LogP contribution in [0.2, 0.25) is 0 Å². The Morgan fingerprint density at radius 1 is 0.704 bits per heavy atom. The van der Waals surface area contributed by atoms with Gasteiger partial charge < -0.3 is 45.7 Å². The number of aromatic nitrogens is 8. The number of rotatable bonds is 23. The number of carbonyl (C=O) groups is 3. The first kappa shape index (κ1) is 60.5.